The molecule has 0 aliphatic carbocycles. The number of likely N-dealkylation sites (tertiary alicyclic amines) is 1. The summed E-state index contributed by atoms with van der Waals surface area (Å²) in [5, 5.41) is 5.69. The van der Waals surface area contributed by atoms with Crippen molar-refractivity contribution >= 4 is 23.4 Å². The minimum atomic E-state index is -0.786. The Morgan fingerprint density at radius 2 is 1.83 bits per heavy atom. The lowest BCUT2D eigenvalue weighted by atomic mass is 10.00. The van der Waals surface area contributed by atoms with E-state index in [9.17, 15) is 18.8 Å². The minimum Gasteiger partial charge on any atom is -0.488 e. The standard InChI is InChI=1S/C35H30F2N6O5/c1-20-5-6-30-41-32(33(37)43(30)17-20)35(46)42-8-7-29-28(18-42)40-34(45)24-11-23(15-38-16-24)22-3-2-4-26(12-22)47-19-31(44)39-14-21-9-25(36)13-27(10-21)48-29/h2-6,9-13,15-17,28-29H,7-8,14,18-19H2,1H3,(H,39,44)(H,40,45)/t28-,29+/m1/s1. The number of benzene rings is 2. The topological polar surface area (TPSA) is 127 Å². The molecule has 13 heteroatoms. The van der Waals surface area contributed by atoms with Gasteiger partial charge in [-0.2, -0.15) is 4.39 Å². The summed E-state index contributed by atoms with van der Waals surface area (Å²) < 4.78 is 43.3. The highest BCUT2D eigenvalue weighted by Crippen LogP contribution is 2.27. The third kappa shape index (κ3) is 6.39. The number of aryl methyl sites for hydroxylation is 1. The molecule has 0 unspecified atom stereocenters. The zero-order valence-electron chi connectivity index (χ0n) is 25.8. The molecule has 2 N–H and O–H groups in total. The Bertz CT molecular complexity index is 2070. The van der Waals surface area contributed by atoms with Crippen LogP contribution in [-0.4, -0.2) is 68.8 Å². The van der Waals surface area contributed by atoms with E-state index in [-0.39, 0.29) is 49.7 Å². The summed E-state index contributed by atoms with van der Waals surface area (Å²) in [6.45, 7) is 1.69. The molecule has 244 valence electrons. The molecule has 2 atom stereocenters. The molecule has 0 spiro atoms. The summed E-state index contributed by atoms with van der Waals surface area (Å²) >= 11 is 0. The number of amides is 3. The highest BCUT2D eigenvalue weighted by molar-refractivity contribution is 5.96. The number of piperidine rings is 1. The van der Waals surface area contributed by atoms with E-state index in [4.69, 9.17) is 9.47 Å². The van der Waals surface area contributed by atoms with Crippen LogP contribution in [0.5, 0.6) is 11.5 Å². The summed E-state index contributed by atoms with van der Waals surface area (Å²) in [6, 6.07) is 15.4. The minimum absolute atomic E-state index is 0.0189. The second-order valence-corrected chi connectivity index (χ2v) is 11.8. The van der Waals surface area contributed by atoms with E-state index in [0.717, 1.165) is 5.56 Å². The van der Waals surface area contributed by atoms with Gasteiger partial charge < -0.3 is 25.0 Å². The van der Waals surface area contributed by atoms with Crippen LogP contribution >= 0.6 is 0 Å². The van der Waals surface area contributed by atoms with E-state index in [1.807, 2.05) is 13.0 Å². The zero-order valence-corrected chi connectivity index (χ0v) is 25.8. The average molecular weight is 653 g/mol. The van der Waals surface area contributed by atoms with Crippen LogP contribution in [0.1, 0.15) is 38.4 Å². The molecule has 48 heavy (non-hydrogen) atoms. The van der Waals surface area contributed by atoms with Gasteiger partial charge in [-0.25, -0.2) is 9.37 Å². The fourth-order valence-electron chi connectivity index (χ4n) is 5.91. The Labute approximate surface area is 273 Å². The van der Waals surface area contributed by atoms with Crippen LogP contribution in [0.2, 0.25) is 0 Å². The number of carbonyl (C=O) groups excluding carboxylic acids is 3. The third-order valence-corrected chi connectivity index (χ3v) is 8.31. The van der Waals surface area contributed by atoms with Crippen LogP contribution in [0.3, 0.4) is 0 Å². The number of hydrogen-bond donors (Lipinski definition) is 2. The Kier molecular flexibility index (Phi) is 8.17. The number of nitrogens with zero attached hydrogens (tertiary/aromatic N) is 4. The number of rotatable bonds is 1. The third-order valence-electron chi connectivity index (χ3n) is 8.31. The molecule has 3 aromatic heterocycles. The number of hydrogen-bond acceptors (Lipinski definition) is 7. The molecule has 2 aromatic carbocycles. The van der Waals surface area contributed by atoms with Gasteiger partial charge in [0.1, 0.15) is 29.1 Å². The van der Waals surface area contributed by atoms with Crippen molar-refractivity contribution in [3.05, 3.63) is 113 Å². The van der Waals surface area contributed by atoms with E-state index in [1.54, 1.807) is 54.9 Å². The molecule has 11 nitrogen and oxygen atoms in total. The van der Waals surface area contributed by atoms with E-state index in [1.165, 1.54) is 27.6 Å². The summed E-state index contributed by atoms with van der Waals surface area (Å²) in [7, 11) is 0. The monoisotopic (exact) mass is 652 g/mol. The van der Waals surface area contributed by atoms with Gasteiger partial charge in [-0.05, 0) is 60.0 Å². The lowest BCUT2D eigenvalue weighted by molar-refractivity contribution is -0.123. The van der Waals surface area contributed by atoms with Crippen LogP contribution in [-0.2, 0) is 11.3 Å². The molecule has 5 aromatic rings. The maximum Gasteiger partial charge on any atom is 0.277 e. The van der Waals surface area contributed by atoms with Crippen molar-refractivity contribution in [1.82, 2.24) is 29.9 Å². The molecule has 2 aliphatic heterocycles. The summed E-state index contributed by atoms with van der Waals surface area (Å²) in [5.41, 5.74) is 2.80. The van der Waals surface area contributed by atoms with E-state index in [2.05, 4.69) is 20.6 Å². The van der Waals surface area contributed by atoms with Crippen LogP contribution in [0, 0.1) is 18.7 Å². The maximum atomic E-state index is 15.4. The molecule has 1 fully saturated rings. The number of imidazole rings is 1. The van der Waals surface area contributed by atoms with Crippen molar-refractivity contribution in [2.45, 2.75) is 32.0 Å². The largest absolute Gasteiger partial charge is 0.488 e. The summed E-state index contributed by atoms with van der Waals surface area (Å²) in [5.74, 6) is -2.26. The van der Waals surface area contributed by atoms with Crippen molar-refractivity contribution < 1.29 is 32.6 Å². The van der Waals surface area contributed by atoms with Crippen molar-refractivity contribution in [3.63, 3.8) is 0 Å². The lowest BCUT2D eigenvalue weighted by Gasteiger charge is -2.38. The van der Waals surface area contributed by atoms with Crippen LogP contribution < -0.4 is 20.1 Å². The van der Waals surface area contributed by atoms with Gasteiger partial charge in [-0.3, -0.25) is 23.8 Å². The molecule has 5 heterocycles. The average Bonchev–Trinajstić information content (AvgIpc) is 3.41. The first kappa shape index (κ1) is 30.8. The number of aromatic nitrogens is 3. The van der Waals surface area contributed by atoms with Crippen molar-refractivity contribution in [1.29, 1.82) is 0 Å². The quantitative estimate of drug-likeness (QED) is 0.280. The second kappa shape index (κ2) is 12.7. The summed E-state index contributed by atoms with van der Waals surface area (Å²) in [4.78, 5) is 49.8. The molecule has 3 amide bonds. The molecule has 0 saturated carbocycles. The number of pyridine rings is 2. The van der Waals surface area contributed by atoms with Gasteiger partial charge in [0.15, 0.2) is 12.3 Å². The highest BCUT2D eigenvalue weighted by atomic mass is 19.1. The number of nitrogens with one attached hydrogen (secondary N) is 2. The zero-order chi connectivity index (χ0) is 33.4. The molecule has 2 aliphatic rings. The van der Waals surface area contributed by atoms with Gasteiger partial charge >= 0.3 is 0 Å². The number of halogens is 2. The van der Waals surface area contributed by atoms with E-state index in [0.29, 0.717) is 28.1 Å². The smallest absolute Gasteiger partial charge is 0.277 e. The van der Waals surface area contributed by atoms with E-state index >= 15 is 4.39 Å². The lowest BCUT2D eigenvalue weighted by Crippen LogP contribution is -2.58. The van der Waals surface area contributed by atoms with Gasteiger partial charge in [0, 0.05) is 56.3 Å². The van der Waals surface area contributed by atoms with Crippen molar-refractivity contribution in [2.24, 2.45) is 0 Å². The van der Waals surface area contributed by atoms with Gasteiger partial charge in [-0.1, -0.05) is 18.2 Å². The van der Waals surface area contributed by atoms with Crippen LogP contribution in [0.4, 0.5) is 8.78 Å². The predicted octanol–water partition coefficient (Wildman–Crippen LogP) is 4.08. The second-order valence-electron chi connectivity index (χ2n) is 11.8. The number of fused-ring (bicyclic) bond motifs is 9. The van der Waals surface area contributed by atoms with Gasteiger partial charge in [0.05, 0.1) is 11.6 Å². The predicted molar refractivity (Wildman–Crippen MR) is 169 cm³/mol. The van der Waals surface area contributed by atoms with Crippen LogP contribution in [0.25, 0.3) is 16.8 Å². The fourth-order valence-corrected chi connectivity index (χ4v) is 5.91. The molecule has 0 radical (unpaired) electrons. The first-order chi connectivity index (χ1) is 23.2. The van der Waals surface area contributed by atoms with Gasteiger partial charge in [-0.15, -0.1) is 0 Å². The fraction of sp³-hybridized carbons (Fsp3) is 0.229. The van der Waals surface area contributed by atoms with Gasteiger partial charge in [0.2, 0.25) is 5.95 Å². The molecule has 6 bridgehead atoms. The van der Waals surface area contributed by atoms with Crippen molar-refractivity contribution in [2.75, 3.05) is 19.7 Å². The maximum absolute atomic E-state index is 15.4. The first-order valence-electron chi connectivity index (χ1n) is 15.4. The first-order valence-corrected chi connectivity index (χ1v) is 15.4. The van der Waals surface area contributed by atoms with E-state index < -0.39 is 41.6 Å². The molecular weight excluding hydrogens is 622 g/mol. The Hall–Kier alpha value is -5.85. The van der Waals surface area contributed by atoms with Crippen molar-refractivity contribution in [3.8, 4) is 22.6 Å². The molecular formula is C35H30F2N6O5. The highest BCUT2D eigenvalue weighted by Gasteiger charge is 2.36. The molecule has 1 saturated heterocycles. The van der Waals surface area contributed by atoms with Gasteiger partial charge in [0.25, 0.3) is 17.7 Å². The number of ether oxygens (including phenoxy) is 2. The Morgan fingerprint density at radius 1 is 0.979 bits per heavy atom. The Morgan fingerprint density at radius 3 is 2.71 bits per heavy atom. The van der Waals surface area contributed by atoms with Crippen LogP contribution in [0.15, 0.2) is 79.3 Å². The SMILES string of the molecule is Cc1ccc2nc(C(=O)N3CC[C@@H]4Oc5cc(F)cc(c5)CNC(=O)COc5cccc(c5)-c5cncc(c5)C(=O)N[C@@H]4C3)c(F)n2c1. The number of carbonyl (C=O) groups is 3. The normalized spacial score (nSPS) is 18.3. The Balaban J connectivity index is 1.22. The summed E-state index contributed by atoms with van der Waals surface area (Å²) in [6.07, 6.45) is 4.12. The molecule has 7 rings (SSSR count).